The van der Waals surface area contributed by atoms with Gasteiger partial charge in [-0.2, -0.15) is 0 Å². The molecule has 0 radical (unpaired) electrons. The summed E-state index contributed by atoms with van der Waals surface area (Å²) in [6.45, 7) is 0. The van der Waals surface area contributed by atoms with Gasteiger partial charge in [0.25, 0.3) is 5.91 Å². The number of phenols is 2. The van der Waals surface area contributed by atoms with Gasteiger partial charge in [0, 0.05) is 0 Å². The van der Waals surface area contributed by atoms with Gasteiger partial charge in [0.1, 0.15) is 11.7 Å². The lowest BCUT2D eigenvalue weighted by atomic mass is 9.90. The van der Waals surface area contributed by atoms with Crippen molar-refractivity contribution in [2.24, 2.45) is 5.92 Å². The van der Waals surface area contributed by atoms with Crippen molar-refractivity contribution in [2.45, 2.75) is 12.1 Å². The first-order chi connectivity index (χ1) is 15.0. The quantitative estimate of drug-likeness (QED) is 0.499. The van der Waals surface area contributed by atoms with Crippen LogP contribution in [-0.4, -0.2) is 28.1 Å². The molecule has 2 N–H and O–H groups in total. The molecule has 2 amide bonds. The first-order valence-corrected chi connectivity index (χ1v) is 9.62. The molecule has 0 spiro atoms. The molecule has 3 aromatic rings. The molecule has 2 heterocycles. The number of hydrogen-bond acceptors (Lipinski definition) is 6. The maximum Gasteiger partial charge on any atom is 0.266 e. The first kappa shape index (κ1) is 19.1. The van der Waals surface area contributed by atoms with Crippen molar-refractivity contribution in [3.05, 3.63) is 84.2 Å². The van der Waals surface area contributed by atoms with Crippen LogP contribution in [0.25, 0.3) is 0 Å². The minimum atomic E-state index is -1.08. The lowest BCUT2D eigenvalue weighted by Gasteiger charge is -2.28. The van der Waals surface area contributed by atoms with Crippen molar-refractivity contribution in [3.63, 3.8) is 0 Å². The minimum absolute atomic E-state index is 0.257. The smallest absolute Gasteiger partial charge is 0.266 e. The van der Waals surface area contributed by atoms with Gasteiger partial charge in [-0.25, -0.2) is 14.4 Å². The van der Waals surface area contributed by atoms with Crippen LogP contribution in [0.1, 0.15) is 11.6 Å². The first-order valence-electron chi connectivity index (χ1n) is 9.62. The Morgan fingerprint density at radius 1 is 0.806 bits per heavy atom. The van der Waals surface area contributed by atoms with Crippen molar-refractivity contribution in [1.82, 2.24) is 0 Å². The molecule has 8 heteroatoms. The molecule has 2 aliphatic rings. The van der Waals surface area contributed by atoms with E-state index in [0.29, 0.717) is 11.3 Å². The van der Waals surface area contributed by atoms with Gasteiger partial charge in [-0.15, -0.1) is 0 Å². The Balaban J connectivity index is 1.60. The number of nitrogens with zero attached hydrogens (tertiary/aromatic N) is 2. The molecule has 3 atom stereocenters. The molecule has 0 aromatic heterocycles. The van der Waals surface area contributed by atoms with E-state index in [2.05, 4.69) is 0 Å². The number of rotatable bonds is 3. The summed E-state index contributed by atoms with van der Waals surface area (Å²) < 4.78 is 13.3. The van der Waals surface area contributed by atoms with Crippen molar-refractivity contribution in [2.75, 3.05) is 9.96 Å². The minimum Gasteiger partial charge on any atom is -0.504 e. The third kappa shape index (κ3) is 3.00. The van der Waals surface area contributed by atoms with Crippen molar-refractivity contribution >= 4 is 23.2 Å². The normalized spacial score (nSPS) is 22.8. The highest BCUT2D eigenvalue weighted by Crippen LogP contribution is 2.48. The van der Waals surface area contributed by atoms with E-state index in [-0.39, 0.29) is 17.2 Å². The number of anilines is 2. The average molecular weight is 420 g/mol. The van der Waals surface area contributed by atoms with Crippen LogP contribution < -0.4 is 9.96 Å². The summed E-state index contributed by atoms with van der Waals surface area (Å²) in [4.78, 5) is 33.5. The van der Waals surface area contributed by atoms with Crippen LogP contribution in [0.4, 0.5) is 15.8 Å². The number of para-hydroxylation sites is 1. The molecule has 31 heavy (non-hydrogen) atoms. The third-order valence-electron chi connectivity index (χ3n) is 5.55. The maximum absolute atomic E-state index is 13.4. The van der Waals surface area contributed by atoms with E-state index in [9.17, 15) is 24.2 Å². The highest BCUT2D eigenvalue weighted by Gasteiger charge is 2.60. The van der Waals surface area contributed by atoms with Gasteiger partial charge in [0.2, 0.25) is 5.91 Å². The summed E-state index contributed by atoms with van der Waals surface area (Å²) in [7, 11) is 0. The predicted octanol–water partition coefficient (Wildman–Crippen LogP) is 3.29. The molecule has 156 valence electrons. The average Bonchev–Trinajstić information content (AvgIpc) is 3.28. The lowest BCUT2D eigenvalue weighted by molar-refractivity contribution is -0.126. The molecule has 0 aliphatic carbocycles. The van der Waals surface area contributed by atoms with Gasteiger partial charge in [-0.05, 0) is 54.1 Å². The number of halogens is 1. The zero-order valence-electron chi connectivity index (χ0n) is 16.1. The number of fused-ring (bicyclic) bond motifs is 1. The molecule has 2 saturated heterocycles. The molecular weight excluding hydrogens is 403 g/mol. The predicted molar refractivity (Wildman–Crippen MR) is 109 cm³/mol. The second-order valence-corrected chi connectivity index (χ2v) is 7.39. The SMILES string of the molecule is O=C1[C@H]2[C@@H](ON(c3ccccc3)[C@H]2c2ccc(O)c(O)c2)C(=O)N1c1ccc(F)cc1. The van der Waals surface area contributed by atoms with Crippen LogP contribution in [0.3, 0.4) is 0 Å². The fourth-order valence-electron chi connectivity index (χ4n) is 4.12. The molecule has 0 unspecified atom stereocenters. The van der Waals surface area contributed by atoms with Crippen LogP contribution in [0.5, 0.6) is 11.5 Å². The van der Waals surface area contributed by atoms with E-state index in [1.54, 1.807) is 30.3 Å². The number of carbonyl (C=O) groups excluding carboxylic acids is 2. The van der Waals surface area contributed by atoms with Gasteiger partial charge >= 0.3 is 0 Å². The molecule has 2 fully saturated rings. The Hall–Kier alpha value is -3.91. The molecule has 0 saturated carbocycles. The van der Waals surface area contributed by atoms with Crippen LogP contribution in [0.2, 0.25) is 0 Å². The van der Waals surface area contributed by atoms with Crippen molar-refractivity contribution in [1.29, 1.82) is 0 Å². The summed E-state index contributed by atoms with van der Waals surface area (Å²) in [5.41, 5.74) is 1.38. The zero-order chi connectivity index (χ0) is 21.7. The van der Waals surface area contributed by atoms with Crippen LogP contribution in [0.15, 0.2) is 72.8 Å². The van der Waals surface area contributed by atoms with E-state index >= 15 is 0 Å². The molecule has 2 aliphatic heterocycles. The molecule has 0 bridgehead atoms. The fourth-order valence-corrected chi connectivity index (χ4v) is 4.12. The number of benzene rings is 3. The monoisotopic (exact) mass is 420 g/mol. The number of phenolic OH excluding ortho intramolecular Hbond substituents is 2. The second kappa shape index (κ2) is 7.10. The number of imide groups is 1. The Morgan fingerprint density at radius 3 is 2.19 bits per heavy atom. The Morgan fingerprint density at radius 2 is 1.52 bits per heavy atom. The molecule has 5 rings (SSSR count). The highest BCUT2D eigenvalue weighted by atomic mass is 19.1. The maximum atomic E-state index is 13.4. The van der Waals surface area contributed by atoms with E-state index in [1.807, 2.05) is 6.07 Å². The number of carbonyl (C=O) groups is 2. The summed E-state index contributed by atoms with van der Waals surface area (Å²) in [6.07, 6.45) is -1.08. The van der Waals surface area contributed by atoms with E-state index in [1.165, 1.54) is 41.5 Å². The van der Waals surface area contributed by atoms with Crippen molar-refractivity contribution < 1.29 is 29.0 Å². The van der Waals surface area contributed by atoms with E-state index in [0.717, 1.165) is 4.90 Å². The van der Waals surface area contributed by atoms with Crippen LogP contribution in [0, 0.1) is 11.7 Å². The van der Waals surface area contributed by atoms with Gasteiger partial charge in [0.15, 0.2) is 17.6 Å². The Kier molecular flexibility index (Phi) is 4.37. The number of aromatic hydroxyl groups is 2. The Bertz CT molecular complexity index is 1170. The van der Waals surface area contributed by atoms with Crippen LogP contribution in [-0.2, 0) is 14.4 Å². The summed E-state index contributed by atoms with van der Waals surface area (Å²) in [6, 6.07) is 17.6. The van der Waals surface area contributed by atoms with Crippen molar-refractivity contribution in [3.8, 4) is 11.5 Å². The van der Waals surface area contributed by atoms with Crippen LogP contribution >= 0.6 is 0 Å². The zero-order valence-corrected chi connectivity index (χ0v) is 16.1. The van der Waals surface area contributed by atoms with Gasteiger partial charge < -0.3 is 10.2 Å². The standard InChI is InChI=1S/C23H17FN2O5/c24-14-7-9-15(10-8-14)25-22(29)19-20(13-6-11-17(27)18(28)12-13)26(31-21(19)23(25)30)16-4-2-1-3-5-16/h1-12,19-21,27-28H/t19-,20+,21-/m1/s1. The number of hydroxylamine groups is 1. The fraction of sp³-hybridized carbons (Fsp3) is 0.130. The molecular formula is C23H17FN2O5. The largest absolute Gasteiger partial charge is 0.504 e. The molecule has 3 aromatic carbocycles. The van der Waals surface area contributed by atoms with Gasteiger partial charge in [-0.1, -0.05) is 24.3 Å². The van der Waals surface area contributed by atoms with E-state index in [4.69, 9.17) is 4.84 Å². The number of hydrogen-bond donors (Lipinski definition) is 2. The van der Waals surface area contributed by atoms with E-state index < -0.39 is 35.7 Å². The highest BCUT2D eigenvalue weighted by molar-refractivity contribution is 6.23. The lowest BCUT2D eigenvalue weighted by Crippen LogP contribution is -2.37. The second-order valence-electron chi connectivity index (χ2n) is 7.39. The Labute approximate surface area is 176 Å². The summed E-state index contributed by atoms with van der Waals surface area (Å²) >= 11 is 0. The summed E-state index contributed by atoms with van der Waals surface area (Å²) in [5.74, 6) is -3.06. The third-order valence-corrected chi connectivity index (χ3v) is 5.55. The van der Waals surface area contributed by atoms with Gasteiger partial charge in [0.05, 0.1) is 17.4 Å². The topological polar surface area (TPSA) is 90.3 Å². The van der Waals surface area contributed by atoms with Gasteiger partial charge in [-0.3, -0.25) is 14.4 Å². The number of amides is 2. The summed E-state index contributed by atoms with van der Waals surface area (Å²) in [5, 5.41) is 21.2. The molecule has 7 nitrogen and oxygen atoms in total.